The maximum Gasteiger partial charge on any atom is 0.204 e. The molecular formula is C23H16O3. The van der Waals surface area contributed by atoms with Gasteiger partial charge in [-0.3, -0.25) is 9.59 Å². The summed E-state index contributed by atoms with van der Waals surface area (Å²) in [5, 5.41) is 0.420. The van der Waals surface area contributed by atoms with Crippen molar-refractivity contribution in [1.82, 2.24) is 0 Å². The molecule has 3 nitrogen and oxygen atoms in total. The number of para-hydroxylation sites is 1. The van der Waals surface area contributed by atoms with Gasteiger partial charge in [0.2, 0.25) is 5.43 Å². The molecule has 0 spiro atoms. The lowest BCUT2D eigenvalue weighted by atomic mass is 9.97. The predicted octanol–water partition coefficient (Wildman–Crippen LogP) is 4.61. The van der Waals surface area contributed by atoms with Crippen LogP contribution in [-0.4, -0.2) is 5.78 Å². The van der Waals surface area contributed by atoms with Gasteiger partial charge in [-0.15, -0.1) is 0 Å². The minimum absolute atomic E-state index is 0.110. The standard InChI is InChI=1S/C23H16O3/c24-22(17-11-5-2-6-12-17)21-20(15-16-9-3-1-4-10-16)26-19-14-8-7-13-18(19)23(21)25/h1-14H,15H2. The van der Waals surface area contributed by atoms with Gasteiger partial charge in [0.25, 0.3) is 0 Å². The van der Waals surface area contributed by atoms with Gasteiger partial charge in [-0.1, -0.05) is 72.8 Å². The maximum absolute atomic E-state index is 13.1. The summed E-state index contributed by atoms with van der Waals surface area (Å²) in [5.74, 6) is 0.0878. The first kappa shape index (κ1) is 16.0. The Hall–Kier alpha value is -3.46. The lowest BCUT2D eigenvalue weighted by Gasteiger charge is -2.10. The summed E-state index contributed by atoms with van der Waals surface area (Å²) in [6, 6.07) is 25.5. The van der Waals surface area contributed by atoms with Crippen molar-refractivity contribution in [2.24, 2.45) is 0 Å². The van der Waals surface area contributed by atoms with Gasteiger partial charge in [0, 0.05) is 12.0 Å². The van der Waals surface area contributed by atoms with Crippen LogP contribution in [0.25, 0.3) is 11.0 Å². The Bertz CT molecular complexity index is 1130. The number of hydrogen-bond acceptors (Lipinski definition) is 3. The molecule has 26 heavy (non-hydrogen) atoms. The van der Waals surface area contributed by atoms with Crippen molar-refractivity contribution in [3.05, 3.63) is 118 Å². The molecule has 0 saturated heterocycles. The highest BCUT2D eigenvalue weighted by Crippen LogP contribution is 2.21. The molecule has 0 amide bonds. The normalized spacial score (nSPS) is 10.8. The first-order valence-electron chi connectivity index (χ1n) is 8.42. The summed E-state index contributed by atoms with van der Waals surface area (Å²) in [4.78, 5) is 26.1. The average molecular weight is 340 g/mol. The van der Waals surface area contributed by atoms with E-state index in [2.05, 4.69) is 0 Å². The Morgan fingerprint density at radius 1 is 0.769 bits per heavy atom. The van der Waals surface area contributed by atoms with Gasteiger partial charge in [-0.25, -0.2) is 0 Å². The number of rotatable bonds is 4. The van der Waals surface area contributed by atoms with Crippen LogP contribution in [0.15, 0.2) is 94.1 Å². The number of benzene rings is 3. The van der Waals surface area contributed by atoms with E-state index in [1.807, 2.05) is 42.5 Å². The van der Waals surface area contributed by atoms with Crippen LogP contribution in [0.1, 0.15) is 27.2 Å². The Labute approximate surface area is 150 Å². The summed E-state index contributed by atoms with van der Waals surface area (Å²) in [6.45, 7) is 0. The number of hydrogen-bond donors (Lipinski definition) is 0. The van der Waals surface area contributed by atoms with Gasteiger partial charge in [0.15, 0.2) is 5.78 Å². The minimum Gasteiger partial charge on any atom is -0.460 e. The van der Waals surface area contributed by atoms with Crippen molar-refractivity contribution >= 4 is 16.8 Å². The highest BCUT2D eigenvalue weighted by molar-refractivity contribution is 6.10. The molecule has 0 radical (unpaired) electrons. The molecule has 0 atom stereocenters. The van der Waals surface area contributed by atoms with E-state index in [9.17, 15) is 9.59 Å². The fraction of sp³-hybridized carbons (Fsp3) is 0.0435. The number of fused-ring (bicyclic) bond motifs is 1. The molecule has 0 aliphatic carbocycles. The van der Waals surface area contributed by atoms with E-state index >= 15 is 0 Å². The Morgan fingerprint density at radius 3 is 2.12 bits per heavy atom. The minimum atomic E-state index is -0.309. The van der Waals surface area contributed by atoms with E-state index in [-0.39, 0.29) is 16.8 Å². The van der Waals surface area contributed by atoms with E-state index in [0.29, 0.717) is 28.7 Å². The Kier molecular flexibility index (Phi) is 4.20. The molecule has 1 aromatic heterocycles. The maximum atomic E-state index is 13.1. The summed E-state index contributed by atoms with van der Waals surface area (Å²) >= 11 is 0. The first-order valence-corrected chi connectivity index (χ1v) is 8.42. The van der Waals surface area contributed by atoms with Gasteiger partial charge in [-0.2, -0.15) is 0 Å². The van der Waals surface area contributed by atoms with Crippen LogP contribution in [0, 0.1) is 0 Å². The first-order chi connectivity index (χ1) is 12.7. The molecule has 126 valence electrons. The summed E-state index contributed by atoms with van der Waals surface area (Å²) in [6.07, 6.45) is 0.384. The molecule has 4 aromatic rings. The average Bonchev–Trinajstić information content (AvgIpc) is 2.69. The third kappa shape index (κ3) is 2.95. The van der Waals surface area contributed by atoms with Gasteiger partial charge in [0.05, 0.1) is 5.39 Å². The smallest absolute Gasteiger partial charge is 0.204 e. The van der Waals surface area contributed by atoms with Crippen LogP contribution < -0.4 is 5.43 Å². The van der Waals surface area contributed by atoms with Gasteiger partial charge in [-0.05, 0) is 17.7 Å². The number of ketones is 1. The molecule has 0 fully saturated rings. The van der Waals surface area contributed by atoms with E-state index in [1.54, 1.807) is 42.5 Å². The molecular weight excluding hydrogens is 324 g/mol. The molecule has 0 N–H and O–H groups in total. The monoisotopic (exact) mass is 340 g/mol. The molecule has 0 aliphatic heterocycles. The topological polar surface area (TPSA) is 47.3 Å². The van der Waals surface area contributed by atoms with Gasteiger partial charge < -0.3 is 4.42 Å². The third-order valence-electron chi connectivity index (χ3n) is 4.34. The fourth-order valence-corrected chi connectivity index (χ4v) is 3.06. The molecule has 0 aliphatic rings. The van der Waals surface area contributed by atoms with Crippen molar-refractivity contribution < 1.29 is 9.21 Å². The zero-order valence-corrected chi connectivity index (χ0v) is 14.0. The van der Waals surface area contributed by atoms with E-state index in [4.69, 9.17) is 4.42 Å². The number of carbonyl (C=O) groups is 1. The van der Waals surface area contributed by atoms with Gasteiger partial charge >= 0.3 is 0 Å². The molecule has 4 rings (SSSR count). The van der Waals surface area contributed by atoms with Crippen molar-refractivity contribution in [2.75, 3.05) is 0 Å². The SMILES string of the molecule is O=C(c1ccccc1)c1c(Cc2ccccc2)oc2ccccc2c1=O. The quantitative estimate of drug-likeness (QED) is 0.510. The summed E-state index contributed by atoms with van der Waals surface area (Å²) < 4.78 is 6.00. The molecule has 3 aromatic carbocycles. The summed E-state index contributed by atoms with van der Waals surface area (Å²) in [5.41, 5.74) is 1.77. The van der Waals surface area contributed by atoms with E-state index < -0.39 is 0 Å². The van der Waals surface area contributed by atoms with Crippen LogP contribution in [0.3, 0.4) is 0 Å². The zero-order chi connectivity index (χ0) is 17.9. The lowest BCUT2D eigenvalue weighted by molar-refractivity contribution is 0.103. The molecule has 3 heteroatoms. The predicted molar refractivity (Wildman–Crippen MR) is 102 cm³/mol. The lowest BCUT2D eigenvalue weighted by Crippen LogP contribution is -2.19. The summed E-state index contributed by atoms with van der Waals surface area (Å²) in [7, 11) is 0. The van der Waals surface area contributed by atoms with Crippen LogP contribution in [0.2, 0.25) is 0 Å². The van der Waals surface area contributed by atoms with Crippen molar-refractivity contribution in [3.63, 3.8) is 0 Å². The van der Waals surface area contributed by atoms with Crippen LogP contribution >= 0.6 is 0 Å². The second-order valence-corrected chi connectivity index (χ2v) is 6.08. The van der Waals surface area contributed by atoms with Crippen LogP contribution in [-0.2, 0) is 6.42 Å². The molecule has 0 saturated carbocycles. The van der Waals surface area contributed by atoms with Crippen LogP contribution in [0.4, 0.5) is 0 Å². The largest absolute Gasteiger partial charge is 0.460 e. The van der Waals surface area contributed by atoms with Gasteiger partial charge in [0.1, 0.15) is 16.9 Å². The van der Waals surface area contributed by atoms with E-state index in [1.165, 1.54) is 0 Å². The molecule has 0 bridgehead atoms. The highest BCUT2D eigenvalue weighted by Gasteiger charge is 2.22. The van der Waals surface area contributed by atoms with Crippen molar-refractivity contribution in [3.8, 4) is 0 Å². The number of carbonyl (C=O) groups excluding carboxylic acids is 1. The second-order valence-electron chi connectivity index (χ2n) is 6.08. The van der Waals surface area contributed by atoms with Crippen molar-refractivity contribution in [1.29, 1.82) is 0 Å². The third-order valence-corrected chi connectivity index (χ3v) is 4.34. The van der Waals surface area contributed by atoms with E-state index in [0.717, 1.165) is 5.56 Å². The molecule has 0 unspecified atom stereocenters. The van der Waals surface area contributed by atoms with Crippen molar-refractivity contribution in [2.45, 2.75) is 6.42 Å². The Morgan fingerprint density at radius 2 is 1.38 bits per heavy atom. The second kappa shape index (κ2) is 6.81. The zero-order valence-electron chi connectivity index (χ0n) is 14.0. The fourth-order valence-electron chi connectivity index (χ4n) is 3.06. The van der Waals surface area contributed by atoms with Crippen LogP contribution in [0.5, 0.6) is 0 Å². The Balaban J connectivity index is 1.94. The molecule has 1 heterocycles. The highest BCUT2D eigenvalue weighted by atomic mass is 16.3.